The maximum Gasteiger partial charge on any atom is 0.279 e. The molecule has 0 atom stereocenters. The van der Waals surface area contributed by atoms with Crippen molar-refractivity contribution in [3.63, 3.8) is 0 Å². The molecule has 1 aromatic rings. The Morgan fingerprint density at radius 3 is 2.94 bits per heavy atom. The van der Waals surface area contributed by atoms with Gasteiger partial charge in [0.15, 0.2) is 0 Å². The second kappa shape index (κ2) is 5.89. The molecule has 0 unspecified atom stereocenters. The minimum Gasteiger partial charge on any atom is -0.383 e. The number of rotatable bonds is 7. The zero-order chi connectivity index (χ0) is 12.0. The molecule has 0 fully saturated rings. The number of hydrogen-bond donors (Lipinski definition) is 2. The third kappa shape index (κ3) is 3.85. The fourth-order valence-corrected chi connectivity index (χ4v) is 1.84. The molecule has 0 aliphatic heterocycles. The lowest BCUT2D eigenvalue weighted by Crippen LogP contribution is -2.39. The Balaban J connectivity index is 2.48. The van der Waals surface area contributed by atoms with Crippen LogP contribution in [0.4, 0.5) is 0 Å². The molecule has 0 radical (unpaired) electrons. The van der Waals surface area contributed by atoms with Gasteiger partial charge in [-0.15, -0.1) is 0 Å². The summed E-state index contributed by atoms with van der Waals surface area (Å²) in [6, 6.07) is 0. The van der Waals surface area contributed by atoms with E-state index in [-0.39, 0.29) is 13.1 Å². The molecule has 0 aromatic carbocycles. The summed E-state index contributed by atoms with van der Waals surface area (Å²) in [5.41, 5.74) is 0. The Labute approximate surface area is 94.2 Å². The first-order valence-electron chi connectivity index (χ1n) is 4.60. The van der Waals surface area contributed by atoms with Crippen LogP contribution in [0.3, 0.4) is 0 Å². The van der Waals surface area contributed by atoms with Crippen LogP contribution in [0.15, 0.2) is 6.33 Å². The van der Waals surface area contributed by atoms with Gasteiger partial charge >= 0.3 is 0 Å². The monoisotopic (exact) mass is 249 g/mol. The van der Waals surface area contributed by atoms with E-state index in [4.69, 9.17) is 4.74 Å². The van der Waals surface area contributed by atoms with E-state index < -0.39 is 10.2 Å². The topological polar surface area (TPSA) is 100 Å². The highest BCUT2D eigenvalue weighted by atomic mass is 32.2. The van der Waals surface area contributed by atoms with Crippen LogP contribution in [0.25, 0.3) is 0 Å². The Morgan fingerprint density at radius 1 is 1.62 bits per heavy atom. The second-order valence-electron chi connectivity index (χ2n) is 3.08. The molecular formula is C7H15N5O3S. The van der Waals surface area contributed by atoms with Gasteiger partial charge < -0.3 is 4.74 Å². The second-order valence-corrected chi connectivity index (χ2v) is 4.94. The Morgan fingerprint density at radius 2 is 2.38 bits per heavy atom. The maximum absolute atomic E-state index is 11.6. The summed E-state index contributed by atoms with van der Waals surface area (Å²) in [6.07, 6.45) is 1.33. The van der Waals surface area contributed by atoms with Gasteiger partial charge in [-0.2, -0.15) is 22.5 Å². The highest BCUT2D eigenvalue weighted by Crippen LogP contribution is 1.99. The maximum atomic E-state index is 11.6. The summed E-state index contributed by atoms with van der Waals surface area (Å²) in [6.45, 7) is 0.706. The first-order chi connectivity index (χ1) is 7.56. The molecule has 0 amide bonds. The number of H-pyrrole nitrogens is 1. The third-order valence-corrected chi connectivity index (χ3v) is 3.36. The standard InChI is InChI=1S/C7H15N5O3S/c1-12(5-7-8-6-9-11-7)16(13,14)10-3-4-15-2/h6,10H,3-5H2,1-2H3,(H,8,9,11). The van der Waals surface area contributed by atoms with Gasteiger partial charge in [-0.3, -0.25) is 5.10 Å². The van der Waals surface area contributed by atoms with Crippen molar-refractivity contribution >= 4 is 10.2 Å². The molecular weight excluding hydrogens is 234 g/mol. The fourth-order valence-electron chi connectivity index (χ4n) is 0.986. The van der Waals surface area contributed by atoms with Gasteiger partial charge in [-0.25, -0.2) is 4.98 Å². The summed E-state index contributed by atoms with van der Waals surface area (Å²) in [5, 5.41) is 6.22. The van der Waals surface area contributed by atoms with Gasteiger partial charge in [0.2, 0.25) is 0 Å². The molecule has 8 nitrogen and oxygen atoms in total. The zero-order valence-electron chi connectivity index (χ0n) is 9.17. The number of nitrogens with zero attached hydrogens (tertiary/aromatic N) is 3. The molecule has 0 aliphatic rings. The minimum absolute atomic E-state index is 0.141. The van der Waals surface area contributed by atoms with Crippen molar-refractivity contribution in [1.82, 2.24) is 24.2 Å². The summed E-state index contributed by atoms with van der Waals surface area (Å²) < 4.78 is 31.5. The lowest BCUT2D eigenvalue weighted by Gasteiger charge is -2.15. The molecule has 1 rings (SSSR count). The third-order valence-electron chi connectivity index (χ3n) is 1.84. The number of methoxy groups -OCH3 is 1. The van der Waals surface area contributed by atoms with Crippen LogP contribution in [-0.4, -0.2) is 55.2 Å². The molecule has 1 aromatic heterocycles. The Kier molecular flexibility index (Phi) is 4.80. The van der Waals surface area contributed by atoms with Crippen LogP contribution in [0, 0.1) is 0 Å². The van der Waals surface area contributed by atoms with E-state index in [1.54, 1.807) is 0 Å². The van der Waals surface area contributed by atoms with Crippen molar-refractivity contribution in [3.05, 3.63) is 12.2 Å². The summed E-state index contributed by atoms with van der Waals surface area (Å²) in [5.74, 6) is 0.486. The smallest absolute Gasteiger partial charge is 0.279 e. The van der Waals surface area contributed by atoms with Crippen LogP contribution in [0.5, 0.6) is 0 Å². The van der Waals surface area contributed by atoms with Crippen molar-refractivity contribution in [2.75, 3.05) is 27.3 Å². The van der Waals surface area contributed by atoms with E-state index in [1.165, 1.54) is 20.5 Å². The van der Waals surface area contributed by atoms with E-state index in [0.29, 0.717) is 12.4 Å². The number of aromatic amines is 1. The van der Waals surface area contributed by atoms with E-state index >= 15 is 0 Å². The van der Waals surface area contributed by atoms with E-state index in [1.807, 2.05) is 0 Å². The van der Waals surface area contributed by atoms with E-state index in [2.05, 4.69) is 19.9 Å². The molecule has 2 N–H and O–H groups in total. The summed E-state index contributed by atoms with van der Waals surface area (Å²) in [7, 11) is -0.531. The number of hydrogen-bond acceptors (Lipinski definition) is 5. The summed E-state index contributed by atoms with van der Waals surface area (Å²) >= 11 is 0. The number of ether oxygens (including phenoxy) is 1. The number of nitrogens with one attached hydrogen (secondary N) is 2. The molecule has 0 bridgehead atoms. The first-order valence-corrected chi connectivity index (χ1v) is 6.04. The zero-order valence-corrected chi connectivity index (χ0v) is 9.99. The first kappa shape index (κ1) is 13.0. The molecule has 9 heteroatoms. The molecule has 0 aliphatic carbocycles. The van der Waals surface area contributed by atoms with Gasteiger partial charge in [0.1, 0.15) is 12.2 Å². The van der Waals surface area contributed by atoms with Crippen LogP contribution in [0.2, 0.25) is 0 Å². The van der Waals surface area contributed by atoms with E-state index in [9.17, 15) is 8.42 Å². The van der Waals surface area contributed by atoms with E-state index in [0.717, 1.165) is 4.31 Å². The van der Waals surface area contributed by atoms with Crippen molar-refractivity contribution in [2.24, 2.45) is 0 Å². The largest absolute Gasteiger partial charge is 0.383 e. The van der Waals surface area contributed by atoms with Gasteiger partial charge in [-0.05, 0) is 0 Å². The van der Waals surface area contributed by atoms with Crippen LogP contribution >= 0.6 is 0 Å². The predicted octanol–water partition coefficient (Wildman–Crippen LogP) is -1.28. The van der Waals surface area contributed by atoms with Gasteiger partial charge in [0, 0.05) is 20.7 Å². The highest BCUT2D eigenvalue weighted by molar-refractivity contribution is 7.87. The van der Waals surface area contributed by atoms with Crippen molar-refractivity contribution in [2.45, 2.75) is 6.54 Å². The SMILES string of the molecule is COCCNS(=O)(=O)N(C)Cc1ncn[nH]1. The van der Waals surface area contributed by atoms with Gasteiger partial charge in [0.25, 0.3) is 10.2 Å². The van der Waals surface area contributed by atoms with Gasteiger partial charge in [-0.1, -0.05) is 0 Å². The lowest BCUT2D eigenvalue weighted by molar-refractivity contribution is 0.204. The Bertz CT molecular complexity index is 390. The molecule has 0 saturated heterocycles. The fraction of sp³-hybridized carbons (Fsp3) is 0.714. The minimum atomic E-state index is -3.49. The van der Waals surface area contributed by atoms with Gasteiger partial charge in [0.05, 0.1) is 13.2 Å². The van der Waals surface area contributed by atoms with Crippen molar-refractivity contribution in [3.8, 4) is 0 Å². The van der Waals surface area contributed by atoms with Crippen LogP contribution in [0.1, 0.15) is 5.82 Å². The highest BCUT2D eigenvalue weighted by Gasteiger charge is 2.17. The number of aromatic nitrogens is 3. The van der Waals surface area contributed by atoms with Crippen molar-refractivity contribution in [1.29, 1.82) is 0 Å². The lowest BCUT2D eigenvalue weighted by atomic mass is 10.6. The molecule has 1 heterocycles. The van der Waals surface area contributed by atoms with Crippen molar-refractivity contribution < 1.29 is 13.2 Å². The predicted molar refractivity (Wildman–Crippen MR) is 56.6 cm³/mol. The average molecular weight is 249 g/mol. The molecule has 0 saturated carbocycles. The average Bonchev–Trinajstić information content (AvgIpc) is 2.70. The summed E-state index contributed by atoms with van der Waals surface area (Å²) in [4.78, 5) is 3.84. The Hall–Kier alpha value is -1.03. The van der Waals surface area contributed by atoms with Crippen LogP contribution < -0.4 is 4.72 Å². The normalized spacial score (nSPS) is 12.2. The van der Waals surface area contributed by atoms with Crippen LogP contribution in [-0.2, 0) is 21.5 Å². The molecule has 0 spiro atoms. The molecule has 16 heavy (non-hydrogen) atoms. The molecule has 92 valence electrons. The quantitative estimate of drug-likeness (QED) is 0.586.